The molecule has 0 radical (unpaired) electrons. The molecule has 2 rings (SSSR count). The number of hydrogen-bond donors (Lipinski definition) is 2. The zero-order valence-electron chi connectivity index (χ0n) is 15.1. The zero-order valence-corrected chi connectivity index (χ0v) is 16.6. The molecule has 2 amide bonds. The number of likely N-dealkylation sites (N-methyl/N-ethyl adjacent to an activating group) is 1. The summed E-state index contributed by atoms with van der Waals surface area (Å²) in [4.78, 5) is 25.8. The number of carbonyl (C=O) groups excluding carboxylic acids is 2. The minimum absolute atomic E-state index is 0.0757. The van der Waals surface area contributed by atoms with Crippen LogP contribution < -0.4 is 15.4 Å². The molecular formula is C19H21Cl2N3O3. The van der Waals surface area contributed by atoms with E-state index in [-0.39, 0.29) is 24.9 Å². The summed E-state index contributed by atoms with van der Waals surface area (Å²) in [5, 5.41) is 6.57. The van der Waals surface area contributed by atoms with Crippen LogP contribution in [0.3, 0.4) is 0 Å². The number of ether oxygens (including phenoxy) is 1. The third-order valence-electron chi connectivity index (χ3n) is 3.67. The number of nitrogens with zero attached hydrogens (tertiary/aromatic N) is 1. The van der Waals surface area contributed by atoms with Crippen LogP contribution >= 0.6 is 23.2 Å². The molecule has 0 heterocycles. The molecule has 0 bridgehead atoms. The number of rotatable bonds is 8. The van der Waals surface area contributed by atoms with Crippen molar-refractivity contribution in [3.05, 3.63) is 58.1 Å². The summed E-state index contributed by atoms with van der Waals surface area (Å²) < 4.78 is 5.12. The van der Waals surface area contributed by atoms with E-state index in [1.807, 2.05) is 0 Å². The van der Waals surface area contributed by atoms with Crippen molar-refractivity contribution >= 4 is 40.7 Å². The summed E-state index contributed by atoms with van der Waals surface area (Å²) in [5.74, 6) is 0.221. The van der Waals surface area contributed by atoms with Gasteiger partial charge in [0.05, 0.1) is 20.2 Å². The number of carbonyl (C=O) groups is 2. The number of methoxy groups -OCH3 is 1. The van der Waals surface area contributed by atoms with Crippen LogP contribution in [0.1, 0.15) is 5.56 Å². The van der Waals surface area contributed by atoms with Crippen LogP contribution in [0.15, 0.2) is 42.5 Å². The maximum absolute atomic E-state index is 12.1. The van der Waals surface area contributed by atoms with Crippen molar-refractivity contribution in [3.63, 3.8) is 0 Å². The molecule has 0 aliphatic rings. The number of benzene rings is 2. The number of amides is 2. The molecule has 0 aliphatic heterocycles. The van der Waals surface area contributed by atoms with E-state index in [0.29, 0.717) is 28.0 Å². The number of nitrogens with one attached hydrogen (secondary N) is 2. The Morgan fingerprint density at radius 2 is 1.81 bits per heavy atom. The lowest BCUT2D eigenvalue weighted by Crippen LogP contribution is -2.38. The smallest absolute Gasteiger partial charge is 0.238 e. The van der Waals surface area contributed by atoms with Crippen molar-refractivity contribution in [1.82, 2.24) is 10.2 Å². The first kappa shape index (κ1) is 21.0. The third kappa shape index (κ3) is 7.09. The van der Waals surface area contributed by atoms with Crippen molar-refractivity contribution in [2.45, 2.75) is 6.54 Å². The highest BCUT2D eigenvalue weighted by Gasteiger charge is 2.12. The van der Waals surface area contributed by atoms with Gasteiger partial charge in [0.1, 0.15) is 5.75 Å². The van der Waals surface area contributed by atoms with Crippen LogP contribution in [0.5, 0.6) is 5.75 Å². The lowest BCUT2D eigenvalue weighted by atomic mass is 10.2. The number of halogens is 2. The van der Waals surface area contributed by atoms with E-state index in [1.54, 1.807) is 61.5 Å². The molecule has 0 unspecified atom stereocenters. The van der Waals surface area contributed by atoms with E-state index < -0.39 is 0 Å². The van der Waals surface area contributed by atoms with Crippen molar-refractivity contribution in [2.24, 2.45) is 0 Å². The normalized spacial score (nSPS) is 10.6. The molecule has 0 fully saturated rings. The summed E-state index contributed by atoms with van der Waals surface area (Å²) in [7, 11) is 3.25. The minimum atomic E-state index is -0.223. The fourth-order valence-corrected chi connectivity index (χ4v) is 2.84. The lowest BCUT2D eigenvalue weighted by molar-refractivity contribution is -0.123. The quantitative estimate of drug-likeness (QED) is 0.702. The largest absolute Gasteiger partial charge is 0.497 e. The van der Waals surface area contributed by atoms with E-state index in [9.17, 15) is 9.59 Å². The Morgan fingerprint density at radius 1 is 1.07 bits per heavy atom. The molecule has 144 valence electrons. The van der Waals surface area contributed by atoms with Gasteiger partial charge >= 0.3 is 0 Å². The highest BCUT2D eigenvalue weighted by Crippen LogP contribution is 2.20. The average Bonchev–Trinajstić information content (AvgIpc) is 2.60. The van der Waals surface area contributed by atoms with Crippen molar-refractivity contribution < 1.29 is 14.3 Å². The molecule has 0 aliphatic carbocycles. The number of anilines is 1. The van der Waals surface area contributed by atoms with Crippen molar-refractivity contribution in [2.75, 3.05) is 32.6 Å². The third-order valence-corrected chi connectivity index (χ3v) is 4.26. The van der Waals surface area contributed by atoms with Gasteiger partial charge in [-0.2, -0.15) is 0 Å². The van der Waals surface area contributed by atoms with Crippen LogP contribution in [-0.2, 0) is 16.1 Å². The molecule has 0 aromatic heterocycles. The van der Waals surface area contributed by atoms with E-state index in [4.69, 9.17) is 27.9 Å². The molecule has 0 saturated heterocycles. The van der Waals surface area contributed by atoms with E-state index in [1.165, 1.54) is 0 Å². The van der Waals surface area contributed by atoms with Crippen molar-refractivity contribution in [3.8, 4) is 5.75 Å². The van der Waals surface area contributed by atoms with Gasteiger partial charge in [-0.3, -0.25) is 14.5 Å². The Balaban J connectivity index is 1.77. The predicted octanol–water partition coefficient (Wildman–Crippen LogP) is 3.19. The van der Waals surface area contributed by atoms with Crippen LogP contribution in [0.25, 0.3) is 0 Å². The average molecular weight is 410 g/mol. The predicted molar refractivity (Wildman–Crippen MR) is 107 cm³/mol. The minimum Gasteiger partial charge on any atom is -0.497 e. The van der Waals surface area contributed by atoms with Gasteiger partial charge in [-0.15, -0.1) is 0 Å². The molecule has 2 aromatic rings. The fraction of sp³-hybridized carbons (Fsp3) is 0.263. The summed E-state index contributed by atoms with van der Waals surface area (Å²) in [6.45, 7) is 0.446. The van der Waals surface area contributed by atoms with Gasteiger partial charge in [0.25, 0.3) is 0 Å². The highest BCUT2D eigenvalue weighted by atomic mass is 35.5. The van der Waals surface area contributed by atoms with Gasteiger partial charge in [0.15, 0.2) is 0 Å². The topological polar surface area (TPSA) is 70.7 Å². The van der Waals surface area contributed by atoms with E-state index in [2.05, 4.69) is 10.6 Å². The molecule has 8 heteroatoms. The molecule has 2 N–H and O–H groups in total. The Labute approximate surface area is 168 Å². The second-order valence-electron chi connectivity index (χ2n) is 5.96. The molecule has 27 heavy (non-hydrogen) atoms. The van der Waals surface area contributed by atoms with Crippen LogP contribution in [-0.4, -0.2) is 44.0 Å². The lowest BCUT2D eigenvalue weighted by Gasteiger charge is -2.16. The van der Waals surface area contributed by atoms with Gasteiger partial charge in [-0.05, 0) is 36.9 Å². The van der Waals surface area contributed by atoms with Crippen LogP contribution in [0.4, 0.5) is 5.69 Å². The SMILES string of the molecule is COc1cccc(NC(=O)CN(C)CC(=O)NCc2ccc(Cl)cc2Cl)c1. The number of hydrogen-bond acceptors (Lipinski definition) is 4. The summed E-state index contributed by atoms with van der Waals surface area (Å²) >= 11 is 11.9. The monoisotopic (exact) mass is 409 g/mol. The summed E-state index contributed by atoms with van der Waals surface area (Å²) in [6, 6.07) is 12.2. The Hall–Kier alpha value is -2.28. The standard InChI is InChI=1S/C19H21Cl2N3O3/c1-24(12-19(26)23-15-4-3-5-16(9-15)27-2)11-18(25)22-10-13-6-7-14(20)8-17(13)21/h3-9H,10-12H2,1-2H3,(H,22,25)(H,23,26). The Kier molecular flexibility index (Phi) is 7.91. The van der Waals surface area contributed by atoms with E-state index in [0.717, 1.165) is 5.56 Å². The first-order chi connectivity index (χ1) is 12.9. The highest BCUT2D eigenvalue weighted by molar-refractivity contribution is 6.35. The van der Waals surface area contributed by atoms with Crippen LogP contribution in [0, 0.1) is 0 Å². The second-order valence-corrected chi connectivity index (χ2v) is 6.81. The first-order valence-corrected chi connectivity index (χ1v) is 8.96. The van der Waals surface area contributed by atoms with Gasteiger partial charge in [-0.25, -0.2) is 0 Å². The van der Waals surface area contributed by atoms with Gasteiger partial charge < -0.3 is 15.4 Å². The molecule has 0 atom stereocenters. The molecule has 6 nitrogen and oxygen atoms in total. The maximum atomic E-state index is 12.1. The van der Waals surface area contributed by atoms with Gasteiger partial charge in [-0.1, -0.05) is 35.3 Å². The second kappa shape index (κ2) is 10.2. The summed E-state index contributed by atoms with van der Waals surface area (Å²) in [5.41, 5.74) is 1.41. The molecule has 0 saturated carbocycles. The molecule has 2 aromatic carbocycles. The maximum Gasteiger partial charge on any atom is 0.238 e. The van der Waals surface area contributed by atoms with Gasteiger partial charge in [0, 0.05) is 28.3 Å². The zero-order chi connectivity index (χ0) is 19.8. The van der Waals surface area contributed by atoms with E-state index >= 15 is 0 Å². The molecular weight excluding hydrogens is 389 g/mol. The van der Waals surface area contributed by atoms with Crippen LogP contribution in [0.2, 0.25) is 10.0 Å². The summed E-state index contributed by atoms with van der Waals surface area (Å²) in [6.07, 6.45) is 0. The molecule has 0 spiro atoms. The fourth-order valence-electron chi connectivity index (χ4n) is 2.36. The Morgan fingerprint density at radius 3 is 2.52 bits per heavy atom. The van der Waals surface area contributed by atoms with Crippen molar-refractivity contribution in [1.29, 1.82) is 0 Å². The van der Waals surface area contributed by atoms with Gasteiger partial charge in [0.2, 0.25) is 11.8 Å². The Bertz CT molecular complexity index is 815. The first-order valence-electron chi connectivity index (χ1n) is 8.20.